The molecule has 3 heterocycles. The molecular weight excluding hydrogens is 568 g/mol. The number of aromatic nitrogens is 4. The van der Waals surface area contributed by atoms with E-state index in [1.165, 1.54) is 5.69 Å². The molecule has 2 aromatic heterocycles. The smallest absolute Gasteiger partial charge is 0.229 e. The molecule has 0 spiro atoms. The Balaban J connectivity index is 1.34. The van der Waals surface area contributed by atoms with Crippen LogP contribution in [0, 0.1) is 0 Å². The lowest BCUT2D eigenvalue weighted by atomic mass is 10.0. The molecule has 1 fully saturated rings. The number of hydrogen-bond donors (Lipinski definition) is 3. The quantitative estimate of drug-likeness (QED) is 0.259. The van der Waals surface area contributed by atoms with Gasteiger partial charge < -0.3 is 20.4 Å². The predicted octanol–water partition coefficient (Wildman–Crippen LogP) is 4.93. The Hall–Kier alpha value is -3.22. The first-order chi connectivity index (χ1) is 18.2. The van der Waals surface area contributed by atoms with Crippen molar-refractivity contribution in [2.75, 3.05) is 48.5 Å². The number of halogens is 1. The van der Waals surface area contributed by atoms with Crippen LogP contribution >= 0.6 is 15.9 Å². The number of rotatable bonds is 8. The van der Waals surface area contributed by atoms with E-state index in [1.807, 2.05) is 12.1 Å². The van der Waals surface area contributed by atoms with Crippen LogP contribution < -0.4 is 15.5 Å². The molecule has 1 aliphatic rings. The molecule has 10 nitrogen and oxygen atoms in total. The van der Waals surface area contributed by atoms with Gasteiger partial charge in [-0.2, -0.15) is 10.1 Å². The first-order valence-electron chi connectivity index (χ1n) is 12.5. The fraction of sp³-hybridized carbons (Fsp3) is 0.346. The van der Waals surface area contributed by atoms with Gasteiger partial charge in [0.05, 0.1) is 32.5 Å². The minimum absolute atomic E-state index is 0.0251. The first-order valence-corrected chi connectivity index (χ1v) is 15.0. The summed E-state index contributed by atoms with van der Waals surface area (Å²) < 4.78 is 26.2. The van der Waals surface area contributed by atoms with Crippen molar-refractivity contribution in [1.29, 1.82) is 0 Å². The molecule has 0 aliphatic carbocycles. The number of nitrogens with zero attached hydrogens (tertiary/aromatic N) is 5. The highest BCUT2D eigenvalue weighted by Crippen LogP contribution is 2.33. The van der Waals surface area contributed by atoms with Crippen LogP contribution in [-0.2, 0) is 9.84 Å². The van der Waals surface area contributed by atoms with Gasteiger partial charge in [-0.05, 0) is 79.3 Å². The molecule has 4 aromatic rings. The second kappa shape index (κ2) is 10.9. The Kier molecular flexibility index (Phi) is 7.55. The van der Waals surface area contributed by atoms with Gasteiger partial charge >= 0.3 is 0 Å². The Labute approximate surface area is 230 Å². The summed E-state index contributed by atoms with van der Waals surface area (Å²) in [5, 5.41) is 14.1. The van der Waals surface area contributed by atoms with Crippen molar-refractivity contribution in [3.05, 3.63) is 53.3 Å². The number of piperidine rings is 1. The number of anilines is 5. The lowest BCUT2D eigenvalue weighted by Gasteiger charge is -2.36. The number of fused-ring (bicyclic) bond motifs is 1. The molecule has 0 amide bonds. The van der Waals surface area contributed by atoms with E-state index in [1.54, 1.807) is 31.5 Å². The van der Waals surface area contributed by atoms with Gasteiger partial charge in [-0.1, -0.05) is 6.92 Å². The summed E-state index contributed by atoms with van der Waals surface area (Å²) in [5.41, 5.74) is 3.14. The summed E-state index contributed by atoms with van der Waals surface area (Å²) >= 11 is 3.48. The van der Waals surface area contributed by atoms with Crippen LogP contribution in [0.25, 0.3) is 10.9 Å². The van der Waals surface area contributed by atoms with Crippen LogP contribution in [-0.4, -0.2) is 72.5 Å². The Morgan fingerprint density at radius 1 is 1.11 bits per heavy atom. The Bertz CT molecular complexity index is 1530. The number of H-pyrrole nitrogens is 1. The van der Waals surface area contributed by atoms with Crippen molar-refractivity contribution >= 4 is 65.5 Å². The van der Waals surface area contributed by atoms with Gasteiger partial charge in [0.2, 0.25) is 5.95 Å². The minimum Gasteiger partial charge on any atom is -0.371 e. The SMILES string of the molecule is CCS(=O)(=O)c1cc2[nH]ncc2cc1Nc1nc(Nc2ccc(N3CCC(N(C)C)CC3)cc2)ncc1Br. The second-order valence-electron chi connectivity index (χ2n) is 9.58. The lowest BCUT2D eigenvalue weighted by molar-refractivity contribution is 0.249. The van der Waals surface area contributed by atoms with Gasteiger partial charge in [0, 0.05) is 42.1 Å². The van der Waals surface area contributed by atoms with Gasteiger partial charge in [-0.15, -0.1) is 0 Å². The molecule has 38 heavy (non-hydrogen) atoms. The third-order valence-corrected chi connectivity index (χ3v) is 9.28. The molecule has 1 aliphatic heterocycles. The molecule has 0 bridgehead atoms. The Morgan fingerprint density at radius 3 is 2.53 bits per heavy atom. The average molecular weight is 600 g/mol. The molecule has 0 radical (unpaired) electrons. The van der Waals surface area contributed by atoms with Crippen LogP contribution in [0.3, 0.4) is 0 Å². The van der Waals surface area contributed by atoms with Crippen molar-refractivity contribution in [3.63, 3.8) is 0 Å². The van der Waals surface area contributed by atoms with Crippen LogP contribution in [0.4, 0.5) is 28.8 Å². The van der Waals surface area contributed by atoms with Crippen LogP contribution in [0.2, 0.25) is 0 Å². The van der Waals surface area contributed by atoms with E-state index in [2.05, 4.69) is 82.8 Å². The lowest BCUT2D eigenvalue weighted by Crippen LogP contribution is -2.41. The maximum Gasteiger partial charge on any atom is 0.229 e. The standard InChI is InChI=1S/C26H31BrN8O2S/c1-4-38(36,37)24-14-22-17(15-29-33-22)13-23(24)31-25-21(27)16-28-26(32-25)30-18-5-7-20(8-6-18)35-11-9-19(10-12-35)34(2)3/h5-8,13-16,19H,4,9-12H2,1-3H3,(H,29,33)(H2,28,30,31,32). The summed E-state index contributed by atoms with van der Waals surface area (Å²) in [6, 6.07) is 12.3. The summed E-state index contributed by atoms with van der Waals surface area (Å²) in [4.78, 5) is 13.9. The maximum absolute atomic E-state index is 12.8. The molecule has 1 saturated heterocycles. The van der Waals surface area contributed by atoms with Gasteiger partial charge in [-0.3, -0.25) is 5.10 Å². The third-order valence-electron chi connectivity index (χ3n) is 6.94. The van der Waals surface area contributed by atoms with Crippen molar-refractivity contribution in [1.82, 2.24) is 25.1 Å². The number of nitrogens with one attached hydrogen (secondary N) is 3. The molecule has 0 saturated carbocycles. The average Bonchev–Trinajstić information content (AvgIpc) is 3.38. The zero-order valence-corrected chi connectivity index (χ0v) is 24.0. The number of benzene rings is 2. The molecular formula is C26H31BrN8O2S. The summed E-state index contributed by atoms with van der Waals surface area (Å²) in [6.07, 6.45) is 5.60. The third kappa shape index (κ3) is 5.62. The van der Waals surface area contributed by atoms with E-state index >= 15 is 0 Å². The fourth-order valence-electron chi connectivity index (χ4n) is 4.65. The zero-order chi connectivity index (χ0) is 26.9. The van der Waals surface area contributed by atoms with Crippen LogP contribution in [0.5, 0.6) is 0 Å². The number of hydrogen-bond acceptors (Lipinski definition) is 9. The molecule has 12 heteroatoms. The topological polar surface area (TPSA) is 119 Å². The van der Waals surface area contributed by atoms with Gasteiger partial charge in [0.15, 0.2) is 9.84 Å². The molecule has 200 valence electrons. The van der Waals surface area contributed by atoms with Crippen molar-refractivity contribution in [2.24, 2.45) is 0 Å². The van der Waals surface area contributed by atoms with Crippen molar-refractivity contribution < 1.29 is 8.42 Å². The highest BCUT2D eigenvalue weighted by Gasteiger charge is 2.21. The largest absolute Gasteiger partial charge is 0.371 e. The minimum atomic E-state index is -3.50. The summed E-state index contributed by atoms with van der Waals surface area (Å²) in [6.45, 7) is 3.71. The van der Waals surface area contributed by atoms with Gasteiger partial charge in [0.25, 0.3) is 0 Å². The van der Waals surface area contributed by atoms with Gasteiger partial charge in [0.1, 0.15) is 5.82 Å². The first kappa shape index (κ1) is 26.4. The van der Waals surface area contributed by atoms with E-state index in [0.29, 0.717) is 33.5 Å². The molecule has 0 atom stereocenters. The normalized spacial score (nSPS) is 14.8. The van der Waals surface area contributed by atoms with Crippen LogP contribution in [0.15, 0.2) is 58.2 Å². The van der Waals surface area contributed by atoms with E-state index in [0.717, 1.165) is 37.0 Å². The van der Waals surface area contributed by atoms with E-state index in [-0.39, 0.29) is 10.6 Å². The molecule has 3 N–H and O–H groups in total. The molecule has 2 aromatic carbocycles. The molecule has 0 unspecified atom stereocenters. The van der Waals surface area contributed by atoms with Crippen LogP contribution in [0.1, 0.15) is 19.8 Å². The monoisotopic (exact) mass is 598 g/mol. The highest BCUT2D eigenvalue weighted by molar-refractivity contribution is 9.10. The highest BCUT2D eigenvalue weighted by atomic mass is 79.9. The predicted molar refractivity (Wildman–Crippen MR) is 155 cm³/mol. The number of aromatic amines is 1. The van der Waals surface area contributed by atoms with E-state index in [4.69, 9.17) is 0 Å². The van der Waals surface area contributed by atoms with Gasteiger partial charge in [-0.25, -0.2) is 13.4 Å². The molecule has 5 rings (SSSR count). The zero-order valence-electron chi connectivity index (χ0n) is 21.6. The van der Waals surface area contributed by atoms with Crippen molar-refractivity contribution in [2.45, 2.75) is 30.7 Å². The summed E-state index contributed by atoms with van der Waals surface area (Å²) in [7, 11) is 0.796. The maximum atomic E-state index is 12.8. The fourth-order valence-corrected chi connectivity index (χ4v) is 5.99. The van der Waals surface area contributed by atoms with Crippen molar-refractivity contribution in [3.8, 4) is 0 Å². The Morgan fingerprint density at radius 2 is 1.84 bits per heavy atom. The number of sulfone groups is 1. The summed E-state index contributed by atoms with van der Waals surface area (Å²) in [5.74, 6) is 0.806. The van der Waals surface area contributed by atoms with E-state index < -0.39 is 9.84 Å². The second-order valence-corrected chi connectivity index (χ2v) is 12.7. The van der Waals surface area contributed by atoms with E-state index in [9.17, 15) is 8.42 Å².